The maximum atomic E-state index is 13.9. The Hall–Kier alpha value is -4.14. The van der Waals surface area contributed by atoms with Crippen LogP contribution < -0.4 is 29.7 Å². The smallest absolute Gasteiger partial charge is 0.271 e. The van der Waals surface area contributed by atoms with Crippen LogP contribution in [0.25, 0.3) is 6.08 Å². The summed E-state index contributed by atoms with van der Waals surface area (Å²) >= 11 is 7.65. The van der Waals surface area contributed by atoms with Gasteiger partial charge in [-0.1, -0.05) is 59.3 Å². The minimum absolute atomic E-state index is 0.248. The molecule has 1 aliphatic rings. The largest absolute Gasteiger partial charge is 0.497 e. The first-order valence-electron chi connectivity index (χ1n) is 12.3. The third-order valence-corrected chi connectivity index (χ3v) is 7.56. The Balaban J connectivity index is 1.64. The summed E-state index contributed by atoms with van der Waals surface area (Å²) in [6, 6.07) is 21.3. The van der Waals surface area contributed by atoms with Gasteiger partial charge in [0.2, 0.25) is 0 Å². The molecule has 4 aromatic rings. The Labute approximate surface area is 234 Å². The summed E-state index contributed by atoms with van der Waals surface area (Å²) in [5.41, 5.74) is 2.86. The molecule has 2 heterocycles. The first kappa shape index (κ1) is 26.5. The summed E-state index contributed by atoms with van der Waals surface area (Å²) in [6.07, 6.45) is 1.78. The average molecular weight is 560 g/mol. The van der Waals surface area contributed by atoms with Gasteiger partial charge in [0.25, 0.3) is 11.5 Å². The van der Waals surface area contributed by atoms with Crippen molar-refractivity contribution in [3.05, 3.63) is 120 Å². The number of nitrogens with one attached hydrogen (secondary N) is 1. The molecule has 39 heavy (non-hydrogen) atoms. The van der Waals surface area contributed by atoms with Gasteiger partial charge in [-0.2, -0.15) is 0 Å². The number of methoxy groups -OCH3 is 1. The Morgan fingerprint density at radius 1 is 1.13 bits per heavy atom. The predicted molar refractivity (Wildman–Crippen MR) is 154 cm³/mol. The summed E-state index contributed by atoms with van der Waals surface area (Å²) < 4.78 is 12.9. The highest BCUT2D eigenvalue weighted by Gasteiger charge is 2.32. The number of anilines is 1. The van der Waals surface area contributed by atoms with Crippen molar-refractivity contribution in [2.45, 2.75) is 19.9 Å². The molecular formula is C30H26ClN3O4S. The maximum Gasteiger partial charge on any atom is 0.271 e. The summed E-state index contributed by atoms with van der Waals surface area (Å²) in [4.78, 5) is 32.7. The van der Waals surface area contributed by atoms with Crippen molar-refractivity contribution in [2.75, 3.05) is 19.0 Å². The van der Waals surface area contributed by atoms with Gasteiger partial charge in [-0.25, -0.2) is 4.99 Å². The molecule has 0 aliphatic carbocycles. The second kappa shape index (κ2) is 11.3. The van der Waals surface area contributed by atoms with E-state index in [0.29, 0.717) is 49.4 Å². The molecule has 0 saturated carbocycles. The zero-order valence-electron chi connectivity index (χ0n) is 21.6. The number of rotatable bonds is 7. The number of para-hydroxylation sites is 1. The summed E-state index contributed by atoms with van der Waals surface area (Å²) in [6.45, 7) is 4.18. The number of nitrogens with zero attached hydrogens (tertiary/aromatic N) is 2. The Kier molecular flexibility index (Phi) is 7.67. The van der Waals surface area contributed by atoms with Crippen LogP contribution in [0.3, 0.4) is 0 Å². The lowest BCUT2D eigenvalue weighted by Gasteiger charge is -2.25. The number of thiazole rings is 1. The van der Waals surface area contributed by atoms with Gasteiger partial charge in [-0.3, -0.25) is 14.2 Å². The number of allylic oxidation sites excluding steroid dienone is 1. The SMILES string of the molecule is CCOc1ccc(/C=c2/sc3n(c2=O)[C@@H](c2ccc(OC)cc2)C(C(=O)Nc2ccccc2)=C(C)N=3)cc1Cl. The molecule has 1 atom stereocenters. The third-order valence-electron chi connectivity index (χ3n) is 6.28. The van der Waals surface area contributed by atoms with Crippen LogP contribution in [0.15, 0.2) is 93.9 Å². The Morgan fingerprint density at radius 3 is 2.54 bits per heavy atom. The van der Waals surface area contributed by atoms with Gasteiger partial charge in [-0.15, -0.1) is 0 Å². The number of fused-ring (bicyclic) bond motifs is 1. The molecule has 1 aliphatic heterocycles. The number of amides is 1. The molecule has 1 aromatic heterocycles. The van der Waals surface area contributed by atoms with Crippen molar-refractivity contribution >= 4 is 40.6 Å². The van der Waals surface area contributed by atoms with E-state index < -0.39 is 6.04 Å². The fourth-order valence-corrected chi connectivity index (χ4v) is 5.75. The predicted octanol–water partition coefficient (Wildman–Crippen LogP) is 4.93. The minimum atomic E-state index is -0.679. The number of carbonyl (C=O) groups is 1. The first-order valence-corrected chi connectivity index (χ1v) is 13.5. The van der Waals surface area contributed by atoms with E-state index in [2.05, 4.69) is 10.3 Å². The normalized spacial score (nSPS) is 15.0. The molecule has 7 nitrogen and oxygen atoms in total. The summed E-state index contributed by atoms with van der Waals surface area (Å²) in [7, 11) is 1.59. The Morgan fingerprint density at radius 2 is 1.87 bits per heavy atom. The zero-order valence-corrected chi connectivity index (χ0v) is 23.2. The third kappa shape index (κ3) is 5.39. The molecule has 0 fully saturated rings. The molecule has 0 saturated heterocycles. The van der Waals surface area contributed by atoms with Gasteiger partial charge in [0.1, 0.15) is 11.5 Å². The van der Waals surface area contributed by atoms with Crippen LogP contribution in [0.2, 0.25) is 5.02 Å². The molecule has 3 aromatic carbocycles. The lowest BCUT2D eigenvalue weighted by atomic mass is 9.95. The molecule has 0 bridgehead atoms. The van der Waals surface area contributed by atoms with E-state index in [1.165, 1.54) is 11.3 Å². The number of carbonyl (C=O) groups excluding carboxylic acids is 1. The molecule has 198 valence electrons. The summed E-state index contributed by atoms with van der Waals surface area (Å²) in [5, 5.41) is 3.42. The van der Waals surface area contributed by atoms with E-state index in [4.69, 9.17) is 21.1 Å². The number of hydrogen-bond acceptors (Lipinski definition) is 6. The lowest BCUT2D eigenvalue weighted by molar-refractivity contribution is -0.113. The second-order valence-electron chi connectivity index (χ2n) is 8.80. The average Bonchev–Trinajstić information content (AvgIpc) is 3.24. The van der Waals surface area contributed by atoms with Crippen molar-refractivity contribution in [3.8, 4) is 11.5 Å². The molecule has 0 spiro atoms. The monoisotopic (exact) mass is 559 g/mol. The topological polar surface area (TPSA) is 81.9 Å². The quantitative estimate of drug-likeness (QED) is 0.348. The molecular weight excluding hydrogens is 534 g/mol. The van der Waals surface area contributed by atoms with Crippen LogP contribution in [-0.2, 0) is 4.79 Å². The number of ether oxygens (including phenoxy) is 2. The van der Waals surface area contributed by atoms with Gasteiger partial charge in [0, 0.05) is 5.69 Å². The van der Waals surface area contributed by atoms with Crippen LogP contribution >= 0.6 is 22.9 Å². The van der Waals surface area contributed by atoms with Crippen LogP contribution in [0.5, 0.6) is 11.5 Å². The molecule has 0 radical (unpaired) electrons. The number of halogens is 1. The van der Waals surface area contributed by atoms with Crippen LogP contribution in [-0.4, -0.2) is 24.2 Å². The van der Waals surface area contributed by atoms with Crippen molar-refractivity contribution in [1.29, 1.82) is 0 Å². The molecule has 1 N–H and O–H groups in total. The minimum Gasteiger partial charge on any atom is -0.497 e. The molecule has 5 rings (SSSR count). The van der Waals surface area contributed by atoms with Crippen molar-refractivity contribution in [1.82, 2.24) is 4.57 Å². The van der Waals surface area contributed by atoms with Crippen molar-refractivity contribution in [3.63, 3.8) is 0 Å². The molecule has 1 amide bonds. The van der Waals surface area contributed by atoms with E-state index >= 15 is 0 Å². The van der Waals surface area contributed by atoms with Gasteiger partial charge < -0.3 is 14.8 Å². The molecule has 9 heteroatoms. The van der Waals surface area contributed by atoms with Crippen LogP contribution in [0, 0.1) is 0 Å². The highest BCUT2D eigenvalue weighted by molar-refractivity contribution is 7.07. The first-order chi connectivity index (χ1) is 18.9. The second-order valence-corrected chi connectivity index (χ2v) is 10.2. The maximum absolute atomic E-state index is 13.9. The highest BCUT2D eigenvalue weighted by atomic mass is 35.5. The Bertz CT molecular complexity index is 1740. The fourth-order valence-electron chi connectivity index (χ4n) is 4.46. The van der Waals surface area contributed by atoms with Crippen molar-refractivity contribution < 1.29 is 14.3 Å². The van der Waals surface area contributed by atoms with Gasteiger partial charge in [0.15, 0.2) is 4.80 Å². The van der Waals surface area contributed by atoms with Gasteiger partial charge in [-0.05, 0) is 67.4 Å². The molecule has 0 unspecified atom stereocenters. The van der Waals surface area contributed by atoms with Crippen LogP contribution in [0.1, 0.15) is 31.0 Å². The summed E-state index contributed by atoms with van der Waals surface area (Å²) in [5.74, 6) is 0.937. The van der Waals surface area contributed by atoms with E-state index in [1.807, 2.05) is 67.6 Å². The van der Waals surface area contributed by atoms with Gasteiger partial charge >= 0.3 is 0 Å². The highest BCUT2D eigenvalue weighted by Crippen LogP contribution is 2.32. The van der Waals surface area contributed by atoms with E-state index in [9.17, 15) is 9.59 Å². The van der Waals surface area contributed by atoms with E-state index in [0.717, 1.165) is 11.1 Å². The lowest BCUT2D eigenvalue weighted by Crippen LogP contribution is -2.40. The standard InChI is InChI=1S/C30H26ClN3O4S/c1-4-38-24-15-10-19(16-23(24)31)17-25-29(36)34-27(20-11-13-22(37-3)14-12-20)26(18(2)32-30(34)39-25)28(35)33-21-8-6-5-7-9-21/h5-17,27H,4H2,1-3H3,(H,33,35)/b25-17+/t27-/m0/s1. The zero-order chi connectivity index (χ0) is 27.5. The number of aromatic nitrogens is 1. The number of hydrogen-bond donors (Lipinski definition) is 1. The van der Waals surface area contributed by atoms with Crippen molar-refractivity contribution in [2.24, 2.45) is 4.99 Å². The van der Waals surface area contributed by atoms with E-state index in [-0.39, 0.29) is 11.5 Å². The van der Waals surface area contributed by atoms with Crippen LogP contribution in [0.4, 0.5) is 5.69 Å². The van der Waals surface area contributed by atoms with E-state index in [1.54, 1.807) is 36.8 Å². The van der Waals surface area contributed by atoms with Gasteiger partial charge in [0.05, 0.1) is 40.6 Å². The fraction of sp³-hybridized carbons (Fsp3) is 0.167. The number of benzene rings is 3.